The van der Waals surface area contributed by atoms with Crippen molar-refractivity contribution >= 4 is 38.4 Å². The smallest absolute Gasteiger partial charge is 0.123 e. The van der Waals surface area contributed by atoms with Crippen molar-refractivity contribution in [2.45, 2.75) is 11.9 Å². The first-order valence-electron chi connectivity index (χ1n) is 6.58. The van der Waals surface area contributed by atoms with Crippen molar-refractivity contribution < 1.29 is 4.74 Å². The van der Waals surface area contributed by atoms with Crippen LogP contribution in [0, 0.1) is 0 Å². The fourth-order valence-electron chi connectivity index (χ4n) is 2.23. The van der Waals surface area contributed by atoms with E-state index in [0.717, 1.165) is 27.8 Å². The second-order valence-electron chi connectivity index (χ2n) is 4.66. The zero-order valence-corrected chi connectivity index (χ0v) is 13.6. The highest BCUT2D eigenvalue weighted by molar-refractivity contribution is 9.08. The van der Waals surface area contributed by atoms with E-state index < -0.39 is 0 Å². The first kappa shape index (κ1) is 14.4. The zero-order chi connectivity index (χ0) is 14.7. The third-order valence-corrected chi connectivity index (χ3v) is 4.13. The molecule has 0 aliphatic heterocycles. The number of fused-ring (bicyclic) bond motifs is 1. The van der Waals surface area contributed by atoms with Gasteiger partial charge < -0.3 is 4.74 Å². The summed E-state index contributed by atoms with van der Waals surface area (Å²) in [7, 11) is 0. The molecule has 0 aliphatic rings. The molecular formula is C17H13BrClNO. The summed E-state index contributed by atoms with van der Waals surface area (Å²) in [5, 5.41) is 2.54. The molecule has 0 unspecified atom stereocenters. The Morgan fingerprint density at radius 1 is 1.05 bits per heavy atom. The molecule has 0 N–H and O–H groups in total. The van der Waals surface area contributed by atoms with Crippen LogP contribution in [0.1, 0.15) is 11.1 Å². The summed E-state index contributed by atoms with van der Waals surface area (Å²) in [6, 6.07) is 15.7. The van der Waals surface area contributed by atoms with Gasteiger partial charge in [0.05, 0.1) is 5.52 Å². The zero-order valence-electron chi connectivity index (χ0n) is 11.2. The summed E-state index contributed by atoms with van der Waals surface area (Å²) in [4.78, 5) is 4.36. The van der Waals surface area contributed by atoms with Crippen LogP contribution >= 0.6 is 27.5 Å². The highest BCUT2D eigenvalue weighted by Gasteiger charge is 2.06. The molecule has 2 aromatic carbocycles. The lowest BCUT2D eigenvalue weighted by atomic mass is 10.1. The van der Waals surface area contributed by atoms with Gasteiger partial charge in [0.25, 0.3) is 0 Å². The number of para-hydroxylation sites is 1. The maximum absolute atomic E-state index is 6.01. The molecule has 0 bridgehead atoms. The number of halogens is 2. The molecule has 0 spiro atoms. The average molecular weight is 363 g/mol. The number of ether oxygens (including phenoxy) is 1. The van der Waals surface area contributed by atoms with Gasteiger partial charge in [-0.25, -0.2) is 0 Å². The SMILES string of the molecule is Clc1ccc(OCc2ccnc3ccccc23)c(CBr)c1. The van der Waals surface area contributed by atoms with Crippen molar-refractivity contribution in [3.8, 4) is 5.75 Å². The fraction of sp³-hybridized carbons (Fsp3) is 0.118. The van der Waals surface area contributed by atoms with Crippen molar-refractivity contribution in [3.05, 3.63) is 70.9 Å². The van der Waals surface area contributed by atoms with Crippen molar-refractivity contribution in [2.75, 3.05) is 0 Å². The highest BCUT2D eigenvalue weighted by atomic mass is 79.9. The molecule has 2 nitrogen and oxygen atoms in total. The van der Waals surface area contributed by atoms with Crippen molar-refractivity contribution in [2.24, 2.45) is 0 Å². The van der Waals surface area contributed by atoms with Gasteiger partial charge in [-0.1, -0.05) is 45.7 Å². The second kappa shape index (κ2) is 6.46. The van der Waals surface area contributed by atoms with E-state index in [9.17, 15) is 0 Å². The Labute approximate surface area is 136 Å². The van der Waals surface area contributed by atoms with Crippen LogP contribution in [-0.4, -0.2) is 4.98 Å². The van der Waals surface area contributed by atoms with Crippen LogP contribution < -0.4 is 4.74 Å². The highest BCUT2D eigenvalue weighted by Crippen LogP contribution is 2.26. The number of hydrogen-bond donors (Lipinski definition) is 0. The lowest BCUT2D eigenvalue weighted by Gasteiger charge is -2.12. The molecular weight excluding hydrogens is 350 g/mol. The van der Waals surface area contributed by atoms with E-state index in [1.807, 2.05) is 48.7 Å². The second-order valence-corrected chi connectivity index (χ2v) is 5.66. The monoisotopic (exact) mass is 361 g/mol. The van der Waals surface area contributed by atoms with E-state index in [4.69, 9.17) is 16.3 Å². The minimum absolute atomic E-state index is 0.505. The Kier molecular flexibility index (Phi) is 4.42. The van der Waals surface area contributed by atoms with E-state index in [1.54, 1.807) is 0 Å². The predicted octanol–water partition coefficient (Wildman–Crippen LogP) is 5.36. The standard InChI is InChI=1S/C17H13BrClNO/c18-10-13-9-14(19)5-6-17(13)21-11-12-7-8-20-16-4-2-1-3-15(12)16/h1-9H,10-11H2. The van der Waals surface area contributed by atoms with E-state index in [0.29, 0.717) is 17.0 Å². The summed E-state index contributed by atoms with van der Waals surface area (Å²) < 4.78 is 5.96. The predicted molar refractivity (Wildman–Crippen MR) is 90.2 cm³/mol. The minimum Gasteiger partial charge on any atom is -0.489 e. The molecule has 3 aromatic rings. The summed E-state index contributed by atoms with van der Waals surface area (Å²) in [6.07, 6.45) is 1.81. The van der Waals surface area contributed by atoms with Crippen LogP contribution in [0.4, 0.5) is 0 Å². The lowest BCUT2D eigenvalue weighted by molar-refractivity contribution is 0.305. The van der Waals surface area contributed by atoms with Crippen molar-refractivity contribution in [3.63, 3.8) is 0 Å². The third kappa shape index (κ3) is 3.20. The summed E-state index contributed by atoms with van der Waals surface area (Å²) in [5.74, 6) is 0.845. The topological polar surface area (TPSA) is 22.1 Å². The Morgan fingerprint density at radius 2 is 1.90 bits per heavy atom. The van der Waals surface area contributed by atoms with E-state index >= 15 is 0 Å². The number of benzene rings is 2. The Morgan fingerprint density at radius 3 is 2.76 bits per heavy atom. The van der Waals surface area contributed by atoms with Gasteiger partial charge in [-0.15, -0.1) is 0 Å². The molecule has 0 saturated heterocycles. The van der Waals surface area contributed by atoms with Crippen LogP contribution in [0.3, 0.4) is 0 Å². The first-order chi connectivity index (χ1) is 10.3. The first-order valence-corrected chi connectivity index (χ1v) is 8.07. The molecule has 0 atom stereocenters. The Hall–Kier alpha value is -1.58. The summed E-state index contributed by atoms with van der Waals surface area (Å²) in [5.41, 5.74) is 3.15. The van der Waals surface area contributed by atoms with Gasteiger partial charge in [-0.05, 0) is 30.3 Å². The summed E-state index contributed by atoms with van der Waals surface area (Å²) >= 11 is 9.47. The van der Waals surface area contributed by atoms with Gasteiger partial charge in [0.2, 0.25) is 0 Å². The van der Waals surface area contributed by atoms with Gasteiger partial charge in [0, 0.05) is 33.1 Å². The average Bonchev–Trinajstić information content (AvgIpc) is 2.53. The largest absolute Gasteiger partial charge is 0.489 e. The molecule has 1 aromatic heterocycles. The molecule has 1 heterocycles. The van der Waals surface area contributed by atoms with E-state index in [1.165, 1.54) is 0 Å². The number of alkyl halides is 1. The molecule has 0 amide bonds. The van der Waals surface area contributed by atoms with Gasteiger partial charge in [0.1, 0.15) is 12.4 Å². The van der Waals surface area contributed by atoms with Crippen LogP contribution in [0.15, 0.2) is 54.7 Å². The number of nitrogens with zero attached hydrogens (tertiary/aromatic N) is 1. The number of pyridine rings is 1. The molecule has 106 valence electrons. The Balaban J connectivity index is 1.87. The quantitative estimate of drug-likeness (QED) is 0.583. The number of hydrogen-bond acceptors (Lipinski definition) is 2. The molecule has 3 rings (SSSR count). The minimum atomic E-state index is 0.505. The molecule has 0 aliphatic carbocycles. The number of rotatable bonds is 4. The van der Waals surface area contributed by atoms with Crippen LogP contribution in [-0.2, 0) is 11.9 Å². The molecule has 0 radical (unpaired) electrons. The summed E-state index contributed by atoms with van der Waals surface area (Å²) in [6.45, 7) is 0.505. The molecule has 4 heteroatoms. The van der Waals surface area contributed by atoms with Gasteiger partial charge in [-0.3, -0.25) is 4.98 Å². The lowest BCUT2D eigenvalue weighted by Crippen LogP contribution is -1.99. The van der Waals surface area contributed by atoms with E-state index in [-0.39, 0.29) is 0 Å². The molecule has 0 fully saturated rings. The van der Waals surface area contributed by atoms with Crippen LogP contribution in [0.25, 0.3) is 10.9 Å². The van der Waals surface area contributed by atoms with Gasteiger partial charge >= 0.3 is 0 Å². The van der Waals surface area contributed by atoms with Crippen LogP contribution in [0.2, 0.25) is 5.02 Å². The number of aromatic nitrogens is 1. The maximum Gasteiger partial charge on any atom is 0.123 e. The molecule has 21 heavy (non-hydrogen) atoms. The van der Waals surface area contributed by atoms with E-state index in [2.05, 4.69) is 27.0 Å². The normalized spacial score (nSPS) is 10.8. The van der Waals surface area contributed by atoms with Gasteiger partial charge in [-0.2, -0.15) is 0 Å². The van der Waals surface area contributed by atoms with Crippen molar-refractivity contribution in [1.82, 2.24) is 4.98 Å². The van der Waals surface area contributed by atoms with Gasteiger partial charge in [0.15, 0.2) is 0 Å². The maximum atomic E-state index is 6.01. The van der Waals surface area contributed by atoms with Crippen molar-refractivity contribution in [1.29, 1.82) is 0 Å². The molecule has 0 saturated carbocycles. The van der Waals surface area contributed by atoms with Crippen LogP contribution in [0.5, 0.6) is 5.75 Å². The Bertz CT molecular complexity index is 770. The fourth-order valence-corrected chi connectivity index (χ4v) is 2.86. The third-order valence-electron chi connectivity index (χ3n) is 3.29.